The highest BCUT2D eigenvalue weighted by molar-refractivity contribution is 6.34. The highest BCUT2D eigenvalue weighted by Gasteiger charge is 2.20. The SMILES string of the molecule is CCOC(=O)c1ccc(-n2c(-c3ccccc3)cc(/C=N\NC(=O)c3ccc(-n4c(C)ccc4C)cc3Cl)c2-c2ccccc2)cc1. The fourth-order valence-electron chi connectivity index (χ4n) is 5.69. The van der Waals surface area contributed by atoms with Gasteiger partial charge in [-0.15, -0.1) is 0 Å². The first-order valence-electron chi connectivity index (χ1n) is 15.3. The summed E-state index contributed by atoms with van der Waals surface area (Å²) in [5.41, 5.74) is 11.8. The number of halogens is 1. The molecule has 0 saturated carbocycles. The topological polar surface area (TPSA) is 77.6 Å². The zero-order chi connectivity index (χ0) is 32.9. The molecule has 0 saturated heterocycles. The third-order valence-electron chi connectivity index (χ3n) is 7.88. The van der Waals surface area contributed by atoms with E-state index >= 15 is 0 Å². The van der Waals surface area contributed by atoms with E-state index in [1.807, 2.05) is 111 Å². The number of rotatable bonds is 9. The van der Waals surface area contributed by atoms with Crippen LogP contribution in [-0.4, -0.2) is 33.8 Å². The number of carbonyl (C=O) groups is 2. The molecule has 7 nitrogen and oxygen atoms in total. The summed E-state index contributed by atoms with van der Waals surface area (Å²) in [6.45, 7) is 6.13. The van der Waals surface area contributed by atoms with Crippen LogP contribution in [0.4, 0.5) is 0 Å². The molecule has 1 N–H and O–H groups in total. The van der Waals surface area contributed by atoms with Crippen molar-refractivity contribution < 1.29 is 14.3 Å². The van der Waals surface area contributed by atoms with Gasteiger partial charge in [-0.05, 0) is 92.6 Å². The highest BCUT2D eigenvalue weighted by atomic mass is 35.5. The molecule has 0 spiro atoms. The van der Waals surface area contributed by atoms with Crippen LogP contribution in [0, 0.1) is 13.8 Å². The van der Waals surface area contributed by atoms with Gasteiger partial charge >= 0.3 is 5.97 Å². The fraction of sp³-hybridized carbons (Fsp3) is 0.103. The maximum absolute atomic E-state index is 13.2. The Hall–Kier alpha value is -5.66. The van der Waals surface area contributed by atoms with Gasteiger partial charge in [0.05, 0.1) is 40.4 Å². The van der Waals surface area contributed by atoms with E-state index in [9.17, 15) is 9.59 Å². The zero-order valence-corrected chi connectivity index (χ0v) is 27.0. The molecule has 6 aromatic rings. The lowest BCUT2D eigenvalue weighted by molar-refractivity contribution is 0.0526. The number of amides is 1. The molecule has 0 unspecified atom stereocenters. The average molecular weight is 641 g/mol. The first-order valence-corrected chi connectivity index (χ1v) is 15.7. The number of aryl methyl sites for hydroxylation is 2. The molecule has 4 aromatic carbocycles. The monoisotopic (exact) mass is 640 g/mol. The minimum atomic E-state index is -0.419. The van der Waals surface area contributed by atoms with Crippen LogP contribution in [0.15, 0.2) is 126 Å². The molecule has 0 fully saturated rings. The lowest BCUT2D eigenvalue weighted by Crippen LogP contribution is -2.18. The number of carbonyl (C=O) groups excluding carboxylic acids is 2. The summed E-state index contributed by atoms with van der Waals surface area (Å²) in [7, 11) is 0. The van der Waals surface area contributed by atoms with Crippen molar-refractivity contribution in [1.82, 2.24) is 14.6 Å². The standard InChI is InChI=1S/C39H33ClN4O3/c1-4-47-39(46)30-17-19-32(20-18-30)44-36(28-11-7-5-8-12-28)23-31(37(44)29-13-9-6-10-14-29)25-41-42-38(45)34-22-21-33(24-35(34)40)43-26(2)15-16-27(43)3/h5-25H,4H2,1-3H3,(H,42,45)/b41-25-. The Morgan fingerprint density at radius 2 is 1.38 bits per heavy atom. The largest absolute Gasteiger partial charge is 0.462 e. The van der Waals surface area contributed by atoms with Crippen molar-refractivity contribution in [3.8, 4) is 33.9 Å². The second-order valence-electron chi connectivity index (χ2n) is 11.0. The number of hydrogen-bond donors (Lipinski definition) is 1. The lowest BCUT2D eigenvalue weighted by atomic mass is 10.1. The zero-order valence-electron chi connectivity index (χ0n) is 26.3. The molecule has 1 amide bonds. The Kier molecular flexibility index (Phi) is 9.18. The van der Waals surface area contributed by atoms with Gasteiger partial charge in [-0.1, -0.05) is 72.3 Å². The summed E-state index contributed by atoms with van der Waals surface area (Å²) in [6.07, 6.45) is 1.64. The first kappa shape index (κ1) is 31.3. The van der Waals surface area contributed by atoms with Crippen LogP contribution in [0.3, 0.4) is 0 Å². The maximum atomic E-state index is 13.2. The fourth-order valence-corrected chi connectivity index (χ4v) is 5.95. The van der Waals surface area contributed by atoms with E-state index in [0.717, 1.165) is 50.8 Å². The molecule has 0 aliphatic carbocycles. The van der Waals surface area contributed by atoms with Gasteiger partial charge in [-0.3, -0.25) is 4.79 Å². The number of benzene rings is 4. The number of hydrazone groups is 1. The molecule has 2 aromatic heterocycles. The van der Waals surface area contributed by atoms with Crippen molar-refractivity contribution in [2.45, 2.75) is 20.8 Å². The molecule has 0 aliphatic heterocycles. The van der Waals surface area contributed by atoms with Gasteiger partial charge in [-0.25, -0.2) is 10.2 Å². The Bertz CT molecular complexity index is 2060. The summed E-state index contributed by atoms with van der Waals surface area (Å²) >= 11 is 6.60. The van der Waals surface area contributed by atoms with E-state index in [1.165, 1.54) is 0 Å². The summed E-state index contributed by atoms with van der Waals surface area (Å²) in [5, 5.41) is 4.71. The van der Waals surface area contributed by atoms with E-state index in [4.69, 9.17) is 16.3 Å². The molecular formula is C39H33ClN4O3. The second kappa shape index (κ2) is 13.8. The predicted octanol–water partition coefficient (Wildman–Crippen LogP) is 8.81. The van der Waals surface area contributed by atoms with Crippen molar-refractivity contribution in [3.05, 3.63) is 154 Å². The normalized spacial score (nSPS) is 11.1. The number of ether oxygens (including phenoxy) is 1. The van der Waals surface area contributed by atoms with Crippen LogP contribution in [0.1, 0.15) is 44.6 Å². The van der Waals surface area contributed by atoms with E-state index in [-0.39, 0.29) is 5.97 Å². The summed E-state index contributed by atoms with van der Waals surface area (Å²) in [5.74, 6) is -0.788. The van der Waals surface area contributed by atoms with Crippen LogP contribution in [0.25, 0.3) is 33.9 Å². The number of esters is 1. The van der Waals surface area contributed by atoms with E-state index in [2.05, 4.69) is 19.7 Å². The number of aromatic nitrogens is 2. The Labute approximate surface area is 278 Å². The molecule has 8 heteroatoms. The molecule has 0 radical (unpaired) electrons. The van der Waals surface area contributed by atoms with E-state index in [0.29, 0.717) is 22.8 Å². The second-order valence-corrected chi connectivity index (χ2v) is 11.4. The van der Waals surface area contributed by atoms with Gasteiger partial charge < -0.3 is 13.9 Å². The molecule has 0 atom stereocenters. The molecule has 6 rings (SSSR count). The minimum Gasteiger partial charge on any atom is -0.462 e. The van der Waals surface area contributed by atoms with Crippen LogP contribution in [-0.2, 0) is 4.74 Å². The van der Waals surface area contributed by atoms with Crippen LogP contribution in [0.5, 0.6) is 0 Å². The van der Waals surface area contributed by atoms with Crippen molar-refractivity contribution in [2.75, 3.05) is 6.61 Å². The molecule has 0 aliphatic rings. The number of nitrogens with one attached hydrogen (secondary N) is 1. The van der Waals surface area contributed by atoms with Gasteiger partial charge in [0.15, 0.2) is 0 Å². The van der Waals surface area contributed by atoms with Crippen LogP contribution in [0.2, 0.25) is 5.02 Å². The van der Waals surface area contributed by atoms with Crippen molar-refractivity contribution in [1.29, 1.82) is 0 Å². The predicted molar refractivity (Wildman–Crippen MR) is 188 cm³/mol. The maximum Gasteiger partial charge on any atom is 0.338 e. The average Bonchev–Trinajstić information content (AvgIpc) is 3.64. The summed E-state index contributed by atoms with van der Waals surface area (Å²) < 4.78 is 9.40. The van der Waals surface area contributed by atoms with Gasteiger partial charge in [0.2, 0.25) is 0 Å². The molecule has 234 valence electrons. The minimum absolute atomic E-state index is 0.304. The van der Waals surface area contributed by atoms with Gasteiger partial charge in [-0.2, -0.15) is 5.10 Å². The van der Waals surface area contributed by atoms with Crippen molar-refractivity contribution in [2.24, 2.45) is 5.10 Å². The van der Waals surface area contributed by atoms with Gasteiger partial charge in [0.1, 0.15) is 0 Å². The van der Waals surface area contributed by atoms with Gasteiger partial charge in [0, 0.05) is 28.3 Å². The van der Waals surface area contributed by atoms with Crippen LogP contribution < -0.4 is 5.43 Å². The third kappa shape index (κ3) is 6.52. The smallest absolute Gasteiger partial charge is 0.338 e. The Morgan fingerprint density at radius 1 is 0.766 bits per heavy atom. The summed E-state index contributed by atoms with van der Waals surface area (Å²) in [6, 6.07) is 38.8. The van der Waals surface area contributed by atoms with Gasteiger partial charge in [0.25, 0.3) is 5.91 Å². The molecule has 0 bridgehead atoms. The number of hydrogen-bond acceptors (Lipinski definition) is 4. The summed E-state index contributed by atoms with van der Waals surface area (Å²) in [4.78, 5) is 25.6. The Morgan fingerprint density at radius 3 is 2.00 bits per heavy atom. The Balaban J connectivity index is 1.38. The molecular weight excluding hydrogens is 608 g/mol. The molecule has 47 heavy (non-hydrogen) atoms. The van der Waals surface area contributed by atoms with E-state index in [1.54, 1.807) is 37.4 Å². The quantitative estimate of drug-likeness (QED) is 0.0974. The van der Waals surface area contributed by atoms with Crippen LogP contribution >= 0.6 is 11.6 Å². The highest BCUT2D eigenvalue weighted by Crippen LogP contribution is 2.35. The third-order valence-corrected chi connectivity index (χ3v) is 8.19. The molecule has 2 heterocycles. The van der Waals surface area contributed by atoms with E-state index < -0.39 is 5.91 Å². The van der Waals surface area contributed by atoms with Crippen molar-refractivity contribution >= 4 is 29.7 Å². The number of nitrogens with zero attached hydrogens (tertiary/aromatic N) is 3. The van der Waals surface area contributed by atoms with Crippen molar-refractivity contribution in [3.63, 3.8) is 0 Å². The lowest BCUT2D eigenvalue weighted by Gasteiger charge is -2.15. The first-order chi connectivity index (χ1) is 22.9.